The zero-order valence-electron chi connectivity index (χ0n) is 10.8. The minimum atomic E-state index is -0.121. The van der Waals surface area contributed by atoms with Gasteiger partial charge in [0.05, 0.1) is 6.54 Å². The van der Waals surface area contributed by atoms with Crippen LogP contribution in [0.2, 0.25) is 0 Å². The summed E-state index contributed by atoms with van der Waals surface area (Å²) >= 11 is 0. The van der Waals surface area contributed by atoms with E-state index in [-0.39, 0.29) is 5.69 Å². The molecule has 0 spiro atoms. The molecule has 1 atom stereocenters. The molecule has 0 bridgehead atoms. The fraction of sp³-hybridized carbons (Fsp3) is 0.429. The van der Waals surface area contributed by atoms with Crippen LogP contribution in [0.1, 0.15) is 30.1 Å². The van der Waals surface area contributed by atoms with Crippen LogP contribution in [-0.2, 0) is 6.54 Å². The minimum Gasteiger partial charge on any atom is -0.316 e. The highest BCUT2D eigenvalue weighted by molar-refractivity contribution is 5.14. The highest BCUT2D eigenvalue weighted by Crippen LogP contribution is 2.18. The van der Waals surface area contributed by atoms with E-state index in [0.29, 0.717) is 12.5 Å². The van der Waals surface area contributed by atoms with Crippen molar-refractivity contribution in [3.05, 3.63) is 52.2 Å². The zero-order chi connectivity index (χ0) is 13.1. The molecular weight excluding hydrogens is 240 g/mol. The molecule has 1 aromatic carbocycles. The van der Waals surface area contributed by atoms with E-state index in [9.17, 15) is 4.79 Å². The maximum absolute atomic E-state index is 11.9. The van der Waals surface area contributed by atoms with Crippen LogP contribution in [-0.4, -0.2) is 27.9 Å². The Bertz CT molecular complexity index is 581. The summed E-state index contributed by atoms with van der Waals surface area (Å²) < 4.78 is 1.51. The van der Waals surface area contributed by atoms with Crippen molar-refractivity contribution in [3.8, 4) is 0 Å². The molecule has 100 valence electrons. The van der Waals surface area contributed by atoms with Crippen molar-refractivity contribution >= 4 is 0 Å². The van der Waals surface area contributed by atoms with Crippen LogP contribution in [0.3, 0.4) is 0 Å². The van der Waals surface area contributed by atoms with Crippen LogP contribution in [0.4, 0.5) is 0 Å². The van der Waals surface area contributed by atoms with Gasteiger partial charge in [-0.3, -0.25) is 4.98 Å². The zero-order valence-corrected chi connectivity index (χ0v) is 10.8. The molecule has 1 unspecified atom stereocenters. The average Bonchev–Trinajstić information content (AvgIpc) is 2.82. The van der Waals surface area contributed by atoms with E-state index in [1.165, 1.54) is 4.68 Å². The van der Waals surface area contributed by atoms with Gasteiger partial charge in [0.1, 0.15) is 5.82 Å². The molecule has 5 nitrogen and oxygen atoms in total. The molecule has 0 amide bonds. The number of nitrogens with zero attached hydrogens (tertiary/aromatic N) is 2. The van der Waals surface area contributed by atoms with Crippen LogP contribution in [0.5, 0.6) is 0 Å². The molecule has 1 aliphatic heterocycles. The first kappa shape index (κ1) is 12.2. The molecule has 1 aromatic heterocycles. The van der Waals surface area contributed by atoms with Gasteiger partial charge in [0.15, 0.2) is 0 Å². The lowest BCUT2D eigenvalue weighted by molar-refractivity contribution is 0.444. The second kappa shape index (κ2) is 5.40. The van der Waals surface area contributed by atoms with E-state index < -0.39 is 0 Å². The Labute approximate surface area is 111 Å². The number of rotatable bonds is 3. The second-order valence-corrected chi connectivity index (χ2v) is 5.00. The molecule has 0 radical (unpaired) electrons. The van der Waals surface area contributed by atoms with E-state index in [1.54, 1.807) is 0 Å². The smallest absolute Gasteiger partial charge is 0.316 e. The molecule has 1 saturated heterocycles. The predicted octanol–water partition coefficient (Wildman–Crippen LogP) is 1.09. The fourth-order valence-corrected chi connectivity index (χ4v) is 2.51. The van der Waals surface area contributed by atoms with Gasteiger partial charge in [-0.1, -0.05) is 30.3 Å². The summed E-state index contributed by atoms with van der Waals surface area (Å²) in [4.78, 5) is 14.8. The second-order valence-electron chi connectivity index (χ2n) is 5.00. The molecule has 2 aromatic rings. The van der Waals surface area contributed by atoms with Crippen LogP contribution in [0, 0.1) is 0 Å². The minimum absolute atomic E-state index is 0.121. The largest absolute Gasteiger partial charge is 0.343 e. The summed E-state index contributed by atoms with van der Waals surface area (Å²) in [6.07, 6.45) is 2.23. The standard InChI is InChI=1S/C14H18N4O/c19-14-16-13(12-7-4-8-15-9-12)17-18(14)10-11-5-2-1-3-6-11/h1-3,5-6,12,15H,4,7-10H2,(H,16,17,19). The maximum atomic E-state index is 11.9. The number of hydrogen-bond acceptors (Lipinski definition) is 3. The number of benzene rings is 1. The summed E-state index contributed by atoms with van der Waals surface area (Å²) in [7, 11) is 0. The van der Waals surface area contributed by atoms with Gasteiger partial charge in [-0.05, 0) is 24.9 Å². The van der Waals surface area contributed by atoms with Crippen molar-refractivity contribution in [2.24, 2.45) is 0 Å². The van der Waals surface area contributed by atoms with Crippen LogP contribution in [0.15, 0.2) is 35.1 Å². The van der Waals surface area contributed by atoms with Crippen molar-refractivity contribution in [1.82, 2.24) is 20.1 Å². The molecule has 2 heterocycles. The molecule has 1 fully saturated rings. The van der Waals surface area contributed by atoms with Gasteiger partial charge in [0, 0.05) is 12.5 Å². The van der Waals surface area contributed by atoms with Crippen LogP contribution in [0.25, 0.3) is 0 Å². The topological polar surface area (TPSA) is 62.7 Å². The third-order valence-corrected chi connectivity index (χ3v) is 3.56. The summed E-state index contributed by atoms with van der Waals surface area (Å²) in [6, 6.07) is 9.92. The van der Waals surface area contributed by atoms with Gasteiger partial charge in [-0.25, -0.2) is 9.48 Å². The molecule has 2 N–H and O–H groups in total. The Hall–Kier alpha value is -1.88. The fourth-order valence-electron chi connectivity index (χ4n) is 2.51. The van der Waals surface area contributed by atoms with Gasteiger partial charge in [0.2, 0.25) is 0 Å². The predicted molar refractivity (Wildman–Crippen MR) is 73.2 cm³/mol. The number of aromatic nitrogens is 3. The first-order chi connectivity index (χ1) is 9.33. The lowest BCUT2D eigenvalue weighted by atomic mass is 9.99. The van der Waals surface area contributed by atoms with Crippen molar-refractivity contribution in [2.75, 3.05) is 13.1 Å². The SMILES string of the molecule is O=c1[nH]c(C2CCCNC2)nn1Cc1ccccc1. The monoisotopic (exact) mass is 258 g/mol. The Kier molecular flexibility index (Phi) is 3.46. The molecular formula is C14H18N4O. The van der Waals surface area contributed by atoms with Crippen molar-refractivity contribution in [2.45, 2.75) is 25.3 Å². The Morgan fingerprint density at radius 1 is 1.32 bits per heavy atom. The lowest BCUT2D eigenvalue weighted by Gasteiger charge is -2.20. The number of nitrogens with one attached hydrogen (secondary N) is 2. The lowest BCUT2D eigenvalue weighted by Crippen LogP contribution is -2.29. The molecule has 19 heavy (non-hydrogen) atoms. The molecule has 0 aliphatic carbocycles. The number of piperidine rings is 1. The Morgan fingerprint density at radius 3 is 2.89 bits per heavy atom. The van der Waals surface area contributed by atoms with Gasteiger partial charge in [-0.2, -0.15) is 5.10 Å². The summed E-state index contributed by atoms with van der Waals surface area (Å²) in [5.74, 6) is 1.15. The van der Waals surface area contributed by atoms with E-state index >= 15 is 0 Å². The molecule has 1 aliphatic rings. The number of H-pyrrole nitrogens is 1. The highest BCUT2D eigenvalue weighted by atomic mass is 16.1. The van der Waals surface area contributed by atoms with Crippen molar-refractivity contribution in [3.63, 3.8) is 0 Å². The summed E-state index contributed by atoms with van der Waals surface area (Å²) in [5.41, 5.74) is 0.967. The Balaban J connectivity index is 1.79. The number of hydrogen-bond donors (Lipinski definition) is 2. The summed E-state index contributed by atoms with van der Waals surface area (Å²) in [6.45, 7) is 2.49. The van der Waals surface area contributed by atoms with E-state index in [1.807, 2.05) is 30.3 Å². The maximum Gasteiger partial charge on any atom is 0.343 e. The average molecular weight is 258 g/mol. The first-order valence-corrected chi connectivity index (χ1v) is 6.74. The third kappa shape index (κ3) is 2.76. The van der Waals surface area contributed by atoms with Gasteiger partial charge in [-0.15, -0.1) is 0 Å². The number of aromatic amines is 1. The normalized spacial score (nSPS) is 19.5. The van der Waals surface area contributed by atoms with Crippen molar-refractivity contribution in [1.29, 1.82) is 0 Å². The van der Waals surface area contributed by atoms with Crippen molar-refractivity contribution < 1.29 is 0 Å². The van der Waals surface area contributed by atoms with Crippen LogP contribution >= 0.6 is 0 Å². The first-order valence-electron chi connectivity index (χ1n) is 6.74. The van der Waals surface area contributed by atoms with Gasteiger partial charge >= 0.3 is 5.69 Å². The summed E-state index contributed by atoms with van der Waals surface area (Å²) in [5, 5.41) is 7.78. The molecule has 3 rings (SSSR count). The van der Waals surface area contributed by atoms with E-state index in [0.717, 1.165) is 37.3 Å². The Morgan fingerprint density at radius 2 is 2.16 bits per heavy atom. The molecule has 5 heteroatoms. The van der Waals surface area contributed by atoms with E-state index in [4.69, 9.17) is 0 Å². The third-order valence-electron chi connectivity index (χ3n) is 3.56. The van der Waals surface area contributed by atoms with Gasteiger partial charge in [0.25, 0.3) is 0 Å². The molecule has 0 saturated carbocycles. The van der Waals surface area contributed by atoms with Gasteiger partial charge < -0.3 is 5.32 Å². The highest BCUT2D eigenvalue weighted by Gasteiger charge is 2.19. The van der Waals surface area contributed by atoms with Crippen LogP contribution < -0.4 is 11.0 Å². The van der Waals surface area contributed by atoms with E-state index in [2.05, 4.69) is 15.4 Å². The quantitative estimate of drug-likeness (QED) is 0.866.